The van der Waals surface area contributed by atoms with Gasteiger partial charge in [-0.1, -0.05) is 19.1 Å². The van der Waals surface area contributed by atoms with Crippen LogP contribution < -0.4 is 10.2 Å². The zero-order valence-corrected chi connectivity index (χ0v) is 16.1. The lowest BCUT2D eigenvalue weighted by Gasteiger charge is -2.16. The summed E-state index contributed by atoms with van der Waals surface area (Å²) in [6.45, 7) is 2.97. The molecule has 0 bridgehead atoms. The number of fused-ring (bicyclic) bond motifs is 1. The Labute approximate surface area is 168 Å². The average molecular weight is 387 g/mol. The van der Waals surface area contributed by atoms with E-state index in [-0.39, 0.29) is 17.6 Å². The fourth-order valence-corrected chi connectivity index (χ4v) is 3.39. The van der Waals surface area contributed by atoms with E-state index >= 15 is 0 Å². The molecule has 0 aliphatic carbocycles. The van der Waals surface area contributed by atoms with Crippen molar-refractivity contribution in [3.05, 3.63) is 72.1 Å². The number of aromatic nitrogens is 3. The van der Waals surface area contributed by atoms with Crippen molar-refractivity contribution < 1.29 is 9.59 Å². The Morgan fingerprint density at radius 2 is 1.93 bits per heavy atom. The maximum atomic E-state index is 12.3. The van der Waals surface area contributed by atoms with E-state index in [1.165, 1.54) is 0 Å². The highest BCUT2D eigenvalue weighted by atomic mass is 16.2. The van der Waals surface area contributed by atoms with Crippen LogP contribution in [0.3, 0.4) is 0 Å². The maximum absolute atomic E-state index is 12.3. The summed E-state index contributed by atoms with van der Waals surface area (Å²) in [5.41, 5.74) is 4.83. The zero-order chi connectivity index (χ0) is 20.2. The Hall–Kier alpha value is -3.61. The number of anilines is 1. The summed E-state index contributed by atoms with van der Waals surface area (Å²) in [5, 5.41) is 2.79. The van der Waals surface area contributed by atoms with Crippen LogP contribution in [-0.2, 0) is 17.8 Å². The molecule has 1 aliphatic heterocycles. The molecule has 1 aromatic carbocycles. The number of carbonyl (C=O) groups excluding carboxylic acids is 2. The predicted molar refractivity (Wildman–Crippen MR) is 109 cm³/mol. The van der Waals surface area contributed by atoms with E-state index in [1.807, 2.05) is 36.1 Å². The lowest BCUT2D eigenvalue weighted by Crippen LogP contribution is -2.27. The maximum Gasteiger partial charge on any atom is 0.289 e. The molecule has 0 spiro atoms. The molecule has 2 aromatic heterocycles. The van der Waals surface area contributed by atoms with Gasteiger partial charge in [-0.05, 0) is 41.3 Å². The number of rotatable bonds is 5. The van der Waals surface area contributed by atoms with E-state index in [4.69, 9.17) is 0 Å². The minimum Gasteiger partial charge on any atom is -0.345 e. The van der Waals surface area contributed by atoms with Crippen molar-refractivity contribution in [2.45, 2.75) is 26.3 Å². The molecule has 3 heterocycles. The van der Waals surface area contributed by atoms with E-state index in [0.29, 0.717) is 13.0 Å². The van der Waals surface area contributed by atoms with E-state index in [0.717, 1.165) is 40.9 Å². The third-order valence-electron chi connectivity index (χ3n) is 4.94. The first-order valence-electron chi connectivity index (χ1n) is 9.58. The van der Waals surface area contributed by atoms with Gasteiger partial charge in [-0.3, -0.25) is 14.6 Å². The van der Waals surface area contributed by atoms with Gasteiger partial charge in [-0.15, -0.1) is 0 Å². The molecule has 146 valence electrons. The second kappa shape index (κ2) is 8.18. The summed E-state index contributed by atoms with van der Waals surface area (Å²) >= 11 is 0. The van der Waals surface area contributed by atoms with Crippen LogP contribution in [0, 0.1) is 0 Å². The van der Waals surface area contributed by atoms with Crippen LogP contribution >= 0.6 is 0 Å². The Morgan fingerprint density at radius 3 is 2.66 bits per heavy atom. The van der Waals surface area contributed by atoms with Gasteiger partial charge < -0.3 is 10.2 Å². The first kappa shape index (κ1) is 18.7. The van der Waals surface area contributed by atoms with Crippen LogP contribution in [0.5, 0.6) is 0 Å². The lowest BCUT2D eigenvalue weighted by molar-refractivity contribution is -0.118. The summed E-state index contributed by atoms with van der Waals surface area (Å²) in [4.78, 5) is 38.6. The van der Waals surface area contributed by atoms with Crippen LogP contribution in [0.25, 0.3) is 11.1 Å². The Kier molecular flexibility index (Phi) is 5.29. The minimum absolute atomic E-state index is 0.124. The van der Waals surface area contributed by atoms with Gasteiger partial charge in [-0.2, -0.15) is 0 Å². The Bertz CT molecular complexity index is 1030. The molecular formula is C22H21N5O2. The zero-order valence-electron chi connectivity index (χ0n) is 16.1. The molecule has 29 heavy (non-hydrogen) atoms. The normalized spacial score (nSPS) is 12.5. The molecule has 0 atom stereocenters. The largest absolute Gasteiger partial charge is 0.345 e. The van der Waals surface area contributed by atoms with Crippen molar-refractivity contribution in [3.8, 4) is 11.1 Å². The molecule has 2 amide bonds. The molecule has 0 unspecified atom stereocenters. The van der Waals surface area contributed by atoms with Gasteiger partial charge in [0.25, 0.3) is 5.91 Å². The van der Waals surface area contributed by atoms with Crippen molar-refractivity contribution in [2.75, 3.05) is 11.4 Å². The fourth-order valence-electron chi connectivity index (χ4n) is 3.39. The molecule has 0 saturated heterocycles. The van der Waals surface area contributed by atoms with Gasteiger partial charge in [0.05, 0.1) is 0 Å². The topological polar surface area (TPSA) is 88.1 Å². The fraction of sp³-hybridized carbons (Fsp3) is 0.227. The summed E-state index contributed by atoms with van der Waals surface area (Å²) < 4.78 is 0. The molecule has 7 nitrogen and oxygen atoms in total. The molecular weight excluding hydrogens is 366 g/mol. The average Bonchev–Trinajstić information content (AvgIpc) is 3.21. The lowest BCUT2D eigenvalue weighted by atomic mass is 10.0. The number of benzene rings is 1. The number of hydrogen-bond donors (Lipinski definition) is 1. The number of carbonyl (C=O) groups is 2. The second-order valence-electron chi connectivity index (χ2n) is 6.83. The van der Waals surface area contributed by atoms with Gasteiger partial charge in [0.1, 0.15) is 0 Å². The second-order valence-corrected chi connectivity index (χ2v) is 6.83. The van der Waals surface area contributed by atoms with E-state index in [9.17, 15) is 9.59 Å². The summed E-state index contributed by atoms with van der Waals surface area (Å²) in [6, 6.07) is 9.71. The molecule has 3 aromatic rings. The molecule has 7 heteroatoms. The van der Waals surface area contributed by atoms with Gasteiger partial charge >= 0.3 is 0 Å². The van der Waals surface area contributed by atoms with E-state index in [1.54, 1.807) is 24.8 Å². The molecule has 0 fully saturated rings. The highest BCUT2D eigenvalue weighted by Crippen LogP contribution is 2.32. The van der Waals surface area contributed by atoms with E-state index in [2.05, 4.69) is 26.3 Å². The van der Waals surface area contributed by atoms with Crippen LogP contribution in [0.1, 0.15) is 35.1 Å². The highest BCUT2D eigenvalue weighted by Gasteiger charge is 2.23. The Balaban J connectivity index is 1.45. The number of nitrogens with zero attached hydrogens (tertiary/aromatic N) is 4. The van der Waals surface area contributed by atoms with Gasteiger partial charge in [0, 0.05) is 55.5 Å². The third kappa shape index (κ3) is 3.99. The molecule has 0 radical (unpaired) electrons. The Morgan fingerprint density at radius 1 is 1.10 bits per heavy atom. The molecule has 0 saturated carbocycles. The third-order valence-corrected chi connectivity index (χ3v) is 4.94. The molecule has 1 aliphatic rings. The molecule has 4 rings (SSSR count). The number of nitrogens with one attached hydrogen (secondary N) is 1. The highest BCUT2D eigenvalue weighted by molar-refractivity contribution is 5.95. The van der Waals surface area contributed by atoms with Crippen molar-refractivity contribution in [1.29, 1.82) is 0 Å². The number of hydrogen-bond acceptors (Lipinski definition) is 5. The standard InChI is InChI=1S/C22H21N5O2/c1-2-20(28)27-9-7-17-10-16(5-6-19(17)27)18-13-24-21(25-14-18)22(29)26-12-15-4-3-8-23-11-15/h3-6,8,10-11,13-14H,2,7,9,12H2,1H3,(H,26,29). The minimum atomic E-state index is -0.330. The predicted octanol–water partition coefficient (Wildman–Crippen LogP) is 2.77. The monoisotopic (exact) mass is 387 g/mol. The molecule has 1 N–H and O–H groups in total. The van der Waals surface area contributed by atoms with Crippen LogP contribution in [-0.4, -0.2) is 33.3 Å². The van der Waals surface area contributed by atoms with Crippen LogP contribution in [0.2, 0.25) is 0 Å². The van der Waals surface area contributed by atoms with Gasteiger partial charge in [-0.25, -0.2) is 9.97 Å². The van der Waals surface area contributed by atoms with Gasteiger partial charge in [0.15, 0.2) is 0 Å². The first-order chi connectivity index (χ1) is 14.2. The van der Waals surface area contributed by atoms with Crippen molar-refractivity contribution >= 4 is 17.5 Å². The quantitative estimate of drug-likeness (QED) is 0.727. The van der Waals surface area contributed by atoms with Crippen molar-refractivity contribution in [2.24, 2.45) is 0 Å². The van der Waals surface area contributed by atoms with Crippen LogP contribution in [0.15, 0.2) is 55.1 Å². The van der Waals surface area contributed by atoms with Gasteiger partial charge in [0.2, 0.25) is 11.7 Å². The van der Waals surface area contributed by atoms with Crippen molar-refractivity contribution in [1.82, 2.24) is 20.3 Å². The van der Waals surface area contributed by atoms with Crippen molar-refractivity contribution in [3.63, 3.8) is 0 Å². The number of amides is 2. The first-order valence-corrected chi connectivity index (χ1v) is 9.58. The van der Waals surface area contributed by atoms with Crippen LogP contribution in [0.4, 0.5) is 5.69 Å². The summed E-state index contributed by atoms with van der Waals surface area (Å²) in [6.07, 6.45) is 8.03. The summed E-state index contributed by atoms with van der Waals surface area (Å²) in [7, 11) is 0. The number of pyridine rings is 1. The van der Waals surface area contributed by atoms with E-state index < -0.39 is 0 Å². The summed E-state index contributed by atoms with van der Waals surface area (Å²) in [5.74, 6) is -0.0666. The smallest absolute Gasteiger partial charge is 0.289 e. The SMILES string of the molecule is CCC(=O)N1CCc2cc(-c3cnc(C(=O)NCc4cccnc4)nc3)ccc21.